The van der Waals surface area contributed by atoms with Crippen LogP contribution in [-0.2, 0) is 17.1 Å². The molecule has 1 aromatic heterocycles. The van der Waals surface area contributed by atoms with Gasteiger partial charge in [0.25, 0.3) is 0 Å². The number of hydrogen-bond donors (Lipinski definition) is 0. The van der Waals surface area contributed by atoms with Crippen LogP contribution in [0, 0.1) is 5.38 Å². The van der Waals surface area contributed by atoms with Gasteiger partial charge >= 0.3 is 17.1 Å². The summed E-state index contributed by atoms with van der Waals surface area (Å²) in [4.78, 5) is 0. The van der Waals surface area contributed by atoms with Crippen LogP contribution in [0.4, 0.5) is 0 Å². The first-order valence-electron chi connectivity index (χ1n) is 1.40. The predicted octanol–water partition coefficient (Wildman–Crippen LogP) is 1.16. The van der Waals surface area contributed by atoms with E-state index in [1.165, 1.54) is 0 Å². The van der Waals surface area contributed by atoms with Crippen LogP contribution >= 0.6 is 11.3 Å². The molecule has 1 rings (SSSR count). The van der Waals surface area contributed by atoms with Crippen LogP contribution in [0.25, 0.3) is 0 Å². The Morgan fingerprint density at radius 1 is 1.43 bits per heavy atom. The Morgan fingerprint density at radius 2 is 2.14 bits per heavy atom. The average Bonchev–Trinajstić information content (AvgIpc) is 1.76. The van der Waals surface area contributed by atoms with Gasteiger partial charge in [0.05, 0.1) is 0 Å². The Morgan fingerprint density at radius 3 is 2.29 bits per heavy atom. The maximum absolute atomic E-state index is 2.90. The molecular formula is C4H3CuLiS. The van der Waals surface area contributed by atoms with Gasteiger partial charge in [-0.05, 0) is 0 Å². The summed E-state index contributed by atoms with van der Waals surface area (Å²) in [6, 6.07) is 3.86. The molecule has 0 unspecified atom stereocenters. The summed E-state index contributed by atoms with van der Waals surface area (Å²) in [5, 5.41) is 4.89. The van der Waals surface area contributed by atoms with Crippen LogP contribution in [0.15, 0.2) is 17.5 Å². The van der Waals surface area contributed by atoms with Crippen molar-refractivity contribution < 1.29 is 17.1 Å². The molecule has 1 aromatic rings. The van der Waals surface area contributed by atoms with Gasteiger partial charge in [-0.2, -0.15) is 11.4 Å². The van der Waals surface area contributed by atoms with Crippen molar-refractivity contribution in [1.82, 2.24) is 0 Å². The SMILES string of the molecule is [Cu+].[Li].[c-]1cccs1. The smallest absolute Gasteiger partial charge is 0.304 e. The zero-order chi connectivity index (χ0) is 3.54. The van der Waals surface area contributed by atoms with Crippen molar-refractivity contribution in [2.24, 2.45) is 0 Å². The second-order valence-corrected chi connectivity index (χ2v) is 1.47. The van der Waals surface area contributed by atoms with E-state index in [0.717, 1.165) is 0 Å². The van der Waals surface area contributed by atoms with E-state index in [2.05, 4.69) is 5.38 Å². The summed E-state index contributed by atoms with van der Waals surface area (Å²) in [7, 11) is 0. The molecule has 0 N–H and O–H groups in total. The first kappa shape index (κ1) is 10.7. The molecule has 0 saturated carbocycles. The molecule has 0 aliphatic heterocycles. The van der Waals surface area contributed by atoms with Crippen LogP contribution < -0.4 is 0 Å². The first-order valence-corrected chi connectivity index (χ1v) is 2.27. The normalized spacial score (nSPS) is 5.71. The molecule has 37 valence electrons. The fourth-order valence-corrected chi connectivity index (χ4v) is 0.589. The minimum atomic E-state index is 0. The van der Waals surface area contributed by atoms with Crippen molar-refractivity contribution in [2.75, 3.05) is 0 Å². The third-order valence-electron chi connectivity index (χ3n) is 0.379. The summed E-state index contributed by atoms with van der Waals surface area (Å²) >= 11 is 1.59. The number of hydrogen-bond acceptors (Lipinski definition) is 1. The minimum absolute atomic E-state index is 0. The van der Waals surface area contributed by atoms with Gasteiger partial charge in [0, 0.05) is 18.9 Å². The molecule has 0 aliphatic rings. The molecule has 1 heterocycles. The van der Waals surface area contributed by atoms with Crippen molar-refractivity contribution in [3.8, 4) is 0 Å². The van der Waals surface area contributed by atoms with Crippen LogP contribution in [0.3, 0.4) is 0 Å². The third kappa shape index (κ3) is 4.67. The van der Waals surface area contributed by atoms with E-state index in [-0.39, 0.29) is 35.9 Å². The van der Waals surface area contributed by atoms with Gasteiger partial charge in [-0.15, -0.1) is 5.38 Å². The Hall–Kier alpha value is 0.817. The first-order chi connectivity index (χ1) is 2.50. The molecule has 0 bridgehead atoms. The maximum atomic E-state index is 2.90. The van der Waals surface area contributed by atoms with Gasteiger partial charge in [0.1, 0.15) is 0 Å². The maximum Gasteiger partial charge on any atom is 1.00 e. The molecule has 0 saturated heterocycles. The Balaban J connectivity index is 0. The summed E-state index contributed by atoms with van der Waals surface area (Å²) in [6.45, 7) is 0. The van der Waals surface area contributed by atoms with Crippen molar-refractivity contribution in [1.29, 1.82) is 0 Å². The molecule has 0 nitrogen and oxygen atoms in total. The Kier molecular flexibility index (Phi) is 10.5. The van der Waals surface area contributed by atoms with Crippen LogP contribution in [0.5, 0.6) is 0 Å². The fourth-order valence-electron chi connectivity index (χ4n) is 0.196. The van der Waals surface area contributed by atoms with Crippen molar-refractivity contribution in [3.05, 3.63) is 22.9 Å². The van der Waals surface area contributed by atoms with Crippen LogP contribution in [0.2, 0.25) is 0 Å². The molecule has 0 aromatic carbocycles. The Labute approximate surface area is 70.0 Å². The second-order valence-electron chi connectivity index (χ2n) is 0.731. The van der Waals surface area contributed by atoms with E-state index >= 15 is 0 Å². The summed E-state index contributed by atoms with van der Waals surface area (Å²) < 4.78 is 0. The number of thiophene rings is 1. The van der Waals surface area contributed by atoms with E-state index in [9.17, 15) is 0 Å². The average molecular weight is 154 g/mol. The van der Waals surface area contributed by atoms with Crippen molar-refractivity contribution >= 4 is 30.2 Å². The Bertz CT molecular complexity index is 68.2. The summed E-state index contributed by atoms with van der Waals surface area (Å²) in [5.74, 6) is 0. The predicted molar refractivity (Wildman–Crippen MR) is 28.9 cm³/mol. The van der Waals surface area contributed by atoms with Gasteiger partial charge < -0.3 is 11.3 Å². The largest absolute Gasteiger partial charge is 1.00 e. The van der Waals surface area contributed by atoms with E-state index in [4.69, 9.17) is 0 Å². The van der Waals surface area contributed by atoms with Gasteiger partial charge in [0.2, 0.25) is 0 Å². The molecule has 0 amide bonds. The van der Waals surface area contributed by atoms with Gasteiger partial charge in [-0.3, -0.25) is 0 Å². The van der Waals surface area contributed by atoms with E-state index < -0.39 is 0 Å². The third-order valence-corrected chi connectivity index (χ3v) is 0.944. The monoisotopic (exact) mass is 153 g/mol. The topological polar surface area (TPSA) is 0 Å². The number of rotatable bonds is 0. The standard InChI is InChI=1S/C4H3S.Cu.Li/c1-2-4-5-3-1;;/h1-3H;;/q-1;+1;. The quantitative estimate of drug-likeness (QED) is 0.388. The molecule has 0 spiro atoms. The van der Waals surface area contributed by atoms with Crippen LogP contribution in [-0.4, -0.2) is 18.9 Å². The molecule has 1 radical (unpaired) electrons. The van der Waals surface area contributed by atoms with Gasteiger partial charge in [-0.1, -0.05) is 0 Å². The second kappa shape index (κ2) is 6.82. The van der Waals surface area contributed by atoms with E-state index in [0.29, 0.717) is 0 Å². The van der Waals surface area contributed by atoms with E-state index in [1.54, 1.807) is 11.3 Å². The van der Waals surface area contributed by atoms with Crippen LogP contribution in [0.1, 0.15) is 0 Å². The van der Waals surface area contributed by atoms with E-state index in [1.807, 2.05) is 17.5 Å². The van der Waals surface area contributed by atoms with Crippen molar-refractivity contribution in [3.63, 3.8) is 0 Å². The molecule has 7 heavy (non-hydrogen) atoms. The van der Waals surface area contributed by atoms with Crippen molar-refractivity contribution in [2.45, 2.75) is 0 Å². The zero-order valence-electron chi connectivity index (χ0n) is 3.94. The van der Waals surface area contributed by atoms with Gasteiger partial charge in [0.15, 0.2) is 0 Å². The minimum Gasteiger partial charge on any atom is -0.304 e. The molecule has 0 aliphatic carbocycles. The van der Waals surface area contributed by atoms with Gasteiger partial charge in [-0.25, -0.2) is 6.07 Å². The molecule has 3 heteroatoms. The molecule has 0 atom stereocenters. The molecular weight excluding hydrogens is 151 g/mol. The fraction of sp³-hybridized carbons (Fsp3) is 0. The molecule has 0 fully saturated rings. The zero-order valence-corrected chi connectivity index (χ0v) is 5.70. The summed E-state index contributed by atoms with van der Waals surface area (Å²) in [5.41, 5.74) is 0. The summed E-state index contributed by atoms with van der Waals surface area (Å²) in [6.07, 6.45) is 0.